The van der Waals surface area contributed by atoms with Gasteiger partial charge in [0, 0.05) is 24.2 Å². The first-order valence-corrected chi connectivity index (χ1v) is 13.2. The summed E-state index contributed by atoms with van der Waals surface area (Å²) >= 11 is 0. The number of hydrogen-bond acceptors (Lipinski definition) is 5. The quantitative estimate of drug-likeness (QED) is 0.204. The van der Waals surface area contributed by atoms with E-state index in [1.54, 1.807) is 30.3 Å². The number of halogens is 1. The van der Waals surface area contributed by atoms with Gasteiger partial charge < -0.3 is 19.5 Å². The van der Waals surface area contributed by atoms with Crippen molar-refractivity contribution in [3.8, 4) is 17.2 Å². The highest BCUT2D eigenvalue weighted by Crippen LogP contribution is 2.35. The Hall–Kier alpha value is -4.32. The molecule has 212 valence electrons. The second-order valence-corrected chi connectivity index (χ2v) is 9.64. The minimum Gasteiger partial charge on any atom is -0.507 e. The number of benzene rings is 4. The number of methoxy groups -OCH3 is 2. The van der Waals surface area contributed by atoms with Crippen LogP contribution in [0.2, 0.25) is 0 Å². The second-order valence-electron chi connectivity index (χ2n) is 9.64. The van der Waals surface area contributed by atoms with Crippen molar-refractivity contribution < 1.29 is 19.4 Å². The van der Waals surface area contributed by atoms with Gasteiger partial charge in [0.15, 0.2) is 0 Å². The number of hydrogen-bond donors (Lipinski definition) is 1. The van der Waals surface area contributed by atoms with Crippen LogP contribution in [0.15, 0.2) is 97.1 Å². The molecular weight excluding hydrogens is 534 g/mol. The Morgan fingerprint density at radius 1 is 0.805 bits per heavy atom. The number of ether oxygens (including phenoxy) is 2. The van der Waals surface area contributed by atoms with Crippen LogP contribution in [0.1, 0.15) is 44.6 Å². The lowest BCUT2D eigenvalue weighted by Gasteiger charge is -2.13. The third kappa shape index (κ3) is 7.66. The molecule has 41 heavy (non-hydrogen) atoms. The summed E-state index contributed by atoms with van der Waals surface area (Å²) < 4.78 is 10.2. The fourth-order valence-electron chi connectivity index (χ4n) is 4.60. The van der Waals surface area contributed by atoms with E-state index >= 15 is 0 Å². The molecule has 5 nitrogen and oxygen atoms in total. The Labute approximate surface area is 248 Å². The molecule has 0 radical (unpaired) electrons. The monoisotopic (exact) mass is 569 g/mol. The van der Waals surface area contributed by atoms with E-state index in [0.717, 1.165) is 13.0 Å². The molecule has 1 aliphatic carbocycles. The lowest BCUT2D eigenvalue weighted by molar-refractivity contribution is 0.103. The Bertz CT molecular complexity index is 1480. The van der Waals surface area contributed by atoms with Gasteiger partial charge >= 0.3 is 0 Å². The Balaban J connectivity index is 0.000000221. The predicted molar refractivity (Wildman–Crippen MR) is 170 cm³/mol. The van der Waals surface area contributed by atoms with E-state index in [2.05, 4.69) is 85.8 Å². The van der Waals surface area contributed by atoms with Gasteiger partial charge in [-0.3, -0.25) is 4.79 Å². The van der Waals surface area contributed by atoms with Crippen molar-refractivity contribution >= 4 is 35.9 Å². The number of aromatic hydroxyl groups is 1. The van der Waals surface area contributed by atoms with Crippen molar-refractivity contribution in [2.45, 2.75) is 6.42 Å². The van der Waals surface area contributed by atoms with Crippen LogP contribution in [0.3, 0.4) is 0 Å². The average Bonchev–Trinajstić information content (AvgIpc) is 3.14. The summed E-state index contributed by atoms with van der Waals surface area (Å²) in [5.41, 5.74) is 7.23. The fourth-order valence-corrected chi connectivity index (χ4v) is 4.60. The van der Waals surface area contributed by atoms with Crippen molar-refractivity contribution in [1.82, 2.24) is 4.90 Å². The normalized spacial score (nSPS) is 11.2. The molecule has 0 amide bonds. The van der Waals surface area contributed by atoms with Crippen LogP contribution in [-0.2, 0) is 0 Å². The van der Waals surface area contributed by atoms with Crippen LogP contribution >= 0.6 is 12.4 Å². The standard InChI is InChI=1S/C20H21N.C15H14O4.ClH/c1-21(2)15-7-12-20-18-10-5-3-8-16(18)13-14-17-9-4-6-11-19(17)20;1-18-11-8-12(16)14(13(9-11)19-2)15(17)10-6-4-3-5-7-10;/h3-6,8-14H,7,15H2,1-2H3;3-9,16H,1-2H3;1H. The van der Waals surface area contributed by atoms with E-state index in [-0.39, 0.29) is 35.3 Å². The highest BCUT2D eigenvalue weighted by molar-refractivity contribution is 6.12. The van der Waals surface area contributed by atoms with Crippen LogP contribution in [0, 0.1) is 0 Å². The molecule has 1 aliphatic rings. The van der Waals surface area contributed by atoms with Gasteiger partial charge in [0.2, 0.25) is 5.78 Å². The lowest BCUT2D eigenvalue weighted by atomic mass is 9.93. The largest absolute Gasteiger partial charge is 0.507 e. The smallest absolute Gasteiger partial charge is 0.200 e. The van der Waals surface area contributed by atoms with Crippen molar-refractivity contribution in [3.63, 3.8) is 0 Å². The first kappa shape index (κ1) is 31.2. The molecule has 4 aromatic rings. The molecule has 0 atom stereocenters. The van der Waals surface area contributed by atoms with Gasteiger partial charge in [0.25, 0.3) is 0 Å². The number of fused-ring (bicyclic) bond motifs is 2. The Morgan fingerprint density at radius 2 is 1.37 bits per heavy atom. The van der Waals surface area contributed by atoms with Gasteiger partial charge in [-0.05, 0) is 48.3 Å². The number of carbonyl (C=O) groups excluding carboxylic acids is 1. The molecule has 4 aromatic carbocycles. The fraction of sp³-hybridized carbons (Fsp3) is 0.171. The van der Waals surface area contributed by atoms with Gasteiger partial charge in [0.05, 0.1) is 14.2 Å². The highest BCUT2D eigenvalue weighted by Gasteiger charge is 2.20. The number of carbonyl (C=O) groups is 1. The number of rotatable bonds is 7. The summed E-state index contributed by atoms with van der Waals surface area (Å²) in [4.78, 5) is 14.6. The van der Waals surface area contributed by atoms with E-state index in [1.165, 1.54) is 48.1 Å². The second kappa shape index (κ2) is 14.9. The van der Waals surface area contributed by atoms with Gasteiger partial charge in [-0.25, -0.2) is 0 Å². The van der Waals surface area contributed by atoms with Gasteiger partial charge in [-0.15, -0.1) is 12.4 Å². The topological polar surface area (TPSA) is 59.0 Å². The third-order valence-electron chi connectivity index (χ3n) is 6.64. The van der Waals surface area contributed by atoms with Crippen molar-refractivity contribution in [1.29, 1.82) is 0 Å². The molecule has 0 saturated carbocycles. The van der Waals surface area contributed by atoms with E-state index in [4.69, 9.17) is 9.47 Å². The molecule has 6 heteroatoms. The van der Waals surface area contributed by atoms with E-state index in [1.807, 2.05) is 6.07 Å². The molecule has 0 unspecified atom stereocenters. The summed E-state index contributed by atoms with van der Waals surface area (Å²) in [6, 6.07) is 29.0. The van der Waals surface area contributed by atoms with Crippen molar-refractivity contribution in [3.05, 3.63) is 130 Å². The molecule has 5 rings (SSSR count). The van der Waals surface area contributed by atoms with E-state index in [9.17, 15) is 9.90 Å². The van der Waals surface area contributed by atoms with Gasteiger partial charge in [0.1, 0.15) is 22.8 Å². The molecule has 0 aliphatic heterocycles. The summed E-state index contributed by atoms with van der Waals surface area (Å²) in [5.74, 6) is 0.257. The molecular formula is C35H36ClNO4. The summed E-state index contributed by atoms with van der Waals surface area (Å²) in [6.07, 6.45) is 7.89. The Kier molecular flexibility index (Phi) is 11.3. The number of ketones is 1. The molecule has 1 N–H and O–H groups in total. The van der Waals surface area contributed by atoms with Gasteiger partial charge in [-0.1, -0.05) is 97.1 Å². The third-order valence-corrected chi connectivity index (χ3v) is 6.64. The zero-order valence-corrected chi connectivity index (χ0v) is 24.7. The maximum Gasteiger partial charge on any atom is 0.200 e. The number of phenolic OH excluding ortho intramolecular Hbond substituents is 1. The SMILES string of the molecule is CN(C)CCC=C1c2ccccc2C=Cc2ccccc21.COc1cc(O)c(C(=O)c2ccccc2)c(OC)c1.Cl. The number of nitrogens with zero attached hydrogens (tertiary/aromatic N) is 1. The lowest BCUT2D eigenvalue weighted by Crippen LogP contribution is -2.12. The van der Waals surface area contributed by atoms with Crippen LogP contribution < -0.4 is 9.47 Å². The van der Waals surface area contributed by atoms with Crippen molar-refractivity contribution in [2.75, 3.05) is 34.9 Å². The predicted octanol–water partition coefficient (Wildman–Crippen LogP) is 7.62. The van der Waals surface area contributed by atoms with Crippen molar-refractivity contribution in [2.24, 2.45) is 0 Å². The van der Waals surface area contributed by atoms with Crippen LogP contribution in [0.4, 0.5) is 0 Å². The highest BCUT2D eigenvalue weighted by atomic mass is 35.5. The average molecular weight is 570 g/mol. The molecule has 0 fully saturated rings. The van der Waals surface area contributed by atoms with Crippen LogP contribution in [0.5, 0.6) is 17.2 Å². The number of phenols is 1. The molecule has 0 saturated heterocycles. The Morgan fingerprint density at radius 3 is 1.90 bits per heavy atom. The molecule has 0 heterocycles. The minimum absolute atomic E-state index is 0. The van der Waals surface area contributed by atoms with Crippen LogP contribution in [0.25, 0.3) is 17.7 Å². The summed E-state index contributed by atoms with van der Waals surface area (Å²) in [6.45, 7) is 1.07. The van der Waals surface area contributed by atoms with E-state index in [0.29, 0.717) is 11.3 Å². The maximum atomic E-state index is 12.4. The van der Waals surface area contributed by atoms with Crippen LogP contribution in [-0.4, -0.2) is 50.6 Å². The first-order chi connectivity index (χ1) is 19.4. The molecule has 0 bridgehead atoms. The first-order valence-electron chi connectivity index (χ1n) is 13.2. The van der Waals surface area contributed by atoms with E-state index < -0.39 is 0 Å². The summed E-state index contributed by atoms with van der Waals surface area (Å²) in [5, 5.41) is 9.99. The molecule has 0 aromatic heterocycles. The zero-order valence-electron chi connectivity index (χ0n) is 23.8. The maximum absolute atomic E-state index is 12.4. The minimum atomic E-state index is -0.294. The van der Waals surface area contributed by atoms with Gasteiger partial charge in [-0.2, -0.15) is 0 Å². The zero-order chi connectivity index (χ0) is 28.5. The summed E-state index contributed by atoms with van der Waals surface area (Å²) in [7, 11) is 7.16. The molecule has 0 spiro atoms.